The maximum atomic E-state index is 11.9. The van der Waals surface area contributed by atoms with Gasteiger partial charge in [0, 0.05) is 0 Å². The smallest absolute Gasteiger partial charge is 0.326 e. The third kappa shape index (κ3) is 7.91. The summed E-state index contributed by atoms with van der Waals surface area (Å²) in [5.74, 6) is -0.127. The Morgan fingerprint density at radius 1 is 1.31 bits per heavy atom. The molecular formula is C19H34BO6. The summed E-state index contributed by atoms with van der Waals surface area (Å²) in [6, 6.07) is 0. The zero-order valence-corrected chi connectivity index (χ0v) is 17.3. The van der Waals surface area contributed by atoms with E-state index < -0.39 is 16.6 Å². The van der Waals surface area contributed by atoms with Crippen molar-refractivity contribution >= 4 is 19.9 Å². The molecule has 26 heavy (non-hydrogen) atoms. The molecule has 0 bridgehead atoms. The summed E-state index contributed by atoms with van der Waals surface area (Å²) in [7, 11) is 1.71. The third-order valence-corrected chi connectivity index (χ3v) is 4.76. The minimum Gasteiger partial charge on any atom is -0.468 e. The Bertz CT molecular complexity index is 481. The summed E-state index contributed by atoms with van der Waals surface area (Å²) < 4.78 is 15.0. The number of rotatable bonds is 8. The first kappa shape index (κ1) is 24.7. The Hall–Kier alpha value is -1.34. The zero-order valence-electron chi connectivity index (χ0n) is 17.3. The number of hydrogen-bond donors (Lipinski definition) is 1. The predicted molar refractivity (Wildman–Crippen MR) is 102 cm³/mol. The van der Waals surface area contributed by atoms with Crippen LogP contribution in [0.15, 0.2) is 11.5 Å². The molecule has 0 aliphatic heterocycles. The highest BCUT2D eigenvalue weighted by molar-refractivity contribution is 6.38. The topological polar surface area (TPSA) is 82.1 Å². The lowest BCUT2D eigenvalue weighted by atomic mass is 9.69. The van der Waals surface area contributed by atoms with Gasteiger partial charge in [0.15, 0.2) is 0 Å². The fraction of sp³-hybridized carbons (Fsp3) is 0.789. The lowest BCUT2D eigenvalue weighted by molar-refractivity contribution is -0.154. The van der Waals surface area contributed by atoms with Crippen LogP contribution in [0.2, 0.25) is 0 Å². The second-order valence-corrected chi connectivity index (χ2v) is 7.62. The first-order chi connectivity index (χ1) is 11.9. The van der Waals surface area contributed by atoms with Crippen LogP contribution in [0.3, 0.4) is 0 Å². The quantitative estimate of drug-likeness (QED) is 0.402. The van der Waals surface area contributed by atoms with Crippen LogP contribution in [-0.4, -0.2) is 49.4 Å². The van der Waals surface area contributed by atoms with Crippen molar-refractivity contribution in [3.05, 3.63) is 11.5 Å². The highest BCUT2D eigenvalue weighted by atomic mass is 16.5. The van der Waals surface area contributed by atoms with Gasteiger partial charge in [-0.25, -0.2) is 0 Å². The Balaban J connectivity index is 0.00000110. The van der Waals surface area contributed by atoms with Gasteiger partial charge in [0.2, 0.25) is 0 Å². The molecule has 0 aromatic carbocycles. The summed E-state index contributed by atoms with van der Waals surface area (Å²) in [4.78, 5) is 21.1. The largest absolute Gasteiger partial charge is 0.468 e. The van der Waals surface area contributed by atoms with Crippen LogP contribution in [0.1, 0.15) is 67.7 Å². The molecule has 7 heteroatoms. The van der Waals surface area contributed by atoms with Crippen LogP contribution in [0, 0.1) is 5.41 Å². The molecular weight excluding hydrogens is 335 g/mol. The van der Waals surface area contributed by atoms with E-state index in [9.17, 15) is 14.7 Å². The van der Waals surface area contributed by atoms with Gasteiger partial charge in [0.05, 0.1) is 29.8 Å². The number of ether oxygens (including phenoxy) is 2. The molecule has 0 saturated heterocycles. The number of carbonyl (C=O) groups is 2. The summed E-state index contributed by atoms with van der Waals surface area (Å²) in [5, 5.41) is 10.1. The van der Waals surface area contributed by atoms with Crippen molar-refractivity contribution in [2.45, 2.75) is 78.9 Å². The van der Waals surface area contributed by atoms with E-state index in [1.807, 2.05) is 33.8 Å². The zero-order chi connectivity index (χ0) is 20.4. The monoisotopic (exact) mass is 369 g/mol. The highest BCUT2D eigenvalue weighted by Gasteiger charge is 2.38. The fourth-order valence-corrected chi connectivity index (χ4v) is 2.01. The molecule has 6 nitrogen and oxygen atoms in total. The van der Waals surface area contributed by atoms with Gasteiger partial charge >= 0.3 is 13.5 Å². The van der Waals surface area contributed by atoms with Gasteiger partial charge in [-0.2, -0.15) is 0 Å². The molecule has 1 N–H and O–H groups in total. The number of carbonyl (C=O) groups excluding carboxylic acids is 2. The Labute approximate surface area is 158 Å². The molecule has 0 heterocycles. The normalized spacial score (nSPS) is 20.2. The van der Waals surface area contributed by atoms with E-state index in [1.165, 1.54) is 0 Å². The first-order valence-corrected chi connectivity index (χ1v) is 9.08. The van der Waals surface area contributed by atoms with Crippen molar-refractivity contribution in [2.24, 2.45) is 5.41 Å². The van der Waals surface area contributed by atoms with Gasteiger partial charge < -0.3 is 19.2 Å². The maximum absolute atomic E-state index is 11.9. The fourth-order valence-electron chi connectivity index (χ4n) is 2.01. The van der Waals surface area contributed by atoms with Gasteiger partial charge in [-0.05, 0) is 67.7 Å². The molecule has 1 atom stereocenters. The van der Waals surface area contributed by atoms with Crippen molar-refractivity contribution in [1.29, 1.82) is 0 Å². The van der Waals surface area contributed by atoms with Gasteiger partial charge in [0.25, 0.3) is 6.47 Å². The van der Waals surface area contributed by atoms with E-state index in [1.54, 1.807) is 28.3 Å². The third-order valence-electron chi connectivity index (χ3n) is 4.76. The molecule has 1 radical (unpaired) electrons. The van der Waals surface area contributed by atoms with Gasteiger partial charge in [-0.15, -0.1) is 0 Å². The first-order valence-electron chi connectivity index (χ1n) is 9.08. The second-order valence-electron chi connectivity index (χ2n) is 7.62. The molecule has 1 rings (SSSR count). The Morgan fingerprint density at radius 2 is 1.92 bits per heavy atom. The molecule has 1 unspecified atom stereocenters. The minimum atomic E-state index is -0.932. The van der Waals surface area contributed by atoms with E-state index in [0.29, 0.717) is 26.1 Å². The number of allylic oxidation sites excluding steroid dienone is 2. The van der Waals surface area contributed by atoms with E-state index >= 15 is 0 Å². The standard InChI is InChI=1S/C16H28BO4.C3H6O2/c1-7-20-13(18)16(6)10-8-12(9-11-16)17-21-15(4,5)14(2,3)19;1-2-5-3-4/h8,19H,7,9-11H2,1-6H3;3H,2H2,1H3. The average Bonchev–Trinajstić information content (AvgIpc) is 2.55. The molecule has 149 valence electrons. The molecule has 0 aromatic rings. The number of hydrogen-bond acceptors (Lipinski definition) is 6. The lowest BCUT2D eigenvalue weighted by Crippen LogP contribution is -2.48. The van der Waals surface area contributed by atoms with Gasteiger partial charge in [-0.1, -0.05) is 11.5 Å². The van der Waals surface area contributed by atoms with Crippen LogP contribution < -0.4 is 0 Å². The van der Waals surface area contributed by atoms with Crippen LogP contribution in [0.5, 0.6) is 0 Å². The SMILES string of the molecule is CCOC(=O)C1(C)CC=C([B]OC(C)(C)C(C)(C)O)CC1.CCOC=O. The Morgan fingerprint density at radius 3 is 2.27 bits per heavy atom. The second kappa shape index (κ2) is 10.7. The Kier molecular flexibility index (Phi) is 10.2. The van der Waals surface area contributed by atoms with Crippen LogP contribution in [-0.2, 0) is 23.7 Å². The van der Waals surface area contributed by atoms with Crippen molar-refractivity contribution < 1.29 is 28.8 Å². The predicted octanol–water partition coefficient (Wildman–Crippen LogP) is 2.99. The lowest BCUT2D eigenvalue weighted by Gasteiger charge is -2.38. The minimum absolute atomic E-state index is 0.127. The molecule has 0 amide bonds. The van der Waals surface area contributed by atoms with E-state index in [4.69, 9.17) is 9.39 Å². The van der Waals surface area contributed by atoms with Crippen molar-refractivity contribution in [1.82, 2.24) is 0 Å². The van der Waals surface area contributed by atoms with E-state index in [-0.39, 0.29) is 5.97 Å². The van der Waals surface area contributed by atoms with E-state index in [0.717, 1.165) is 18.3 Å². The van der Waals surface area contributed by atoms with Crippen molar-refractivity contribution in [3.8, 4) is 0 Å². The summed E-state index contributed by atoms with van der Waals surface area (Å²) >= 11 is 0. The van der Waals surface area contributed by atoms with Gasteiger partial charge in [-0.3, -0.25) is 9.59 Å². The van der Waals surface area contributed by atoms with E-state index in [2.05, 4.69) is 4.74 Å². The van der Waals surface area contributed by atoms with Crippen LogP contribution in [0.25, 0.3) is 0 Å². The van der Waals surface area contributed by atoms with Crippen molar-refractivity contribution in [2.75, 3.05) is 13.2 Å². The van der Waals surface area contributed by atoms with Crippen molar-refractivity contribution in [3.63, 3.8) is 0 Å². The molecule has 0 aromatic heterocycles. The molecule has 0 spiro atoms. The summed E-state index contributed by atoms with van der Waals surface area (Å²) in [6.07, 6.45) is 4.21. The van der Waals surface area contributed by atoms with Crippen LogP contribution >= 0.6 is 0 Å². The number of aliphatic hydroxyl groups is 1. The molecule has 0 fully saturated rings. The maximum Gasteiger partial charge on any atom is 0.326 e. The van der Waals surface area contributed by atoms with Crippen LogP contribution in [0.4, 0.5) is 0 Å². The average molecular weight is 369 g/mol. The number of esters is 1. The highest BCUT2D eigenvalue weighted by Crippen LogP contribution is 2.36. The molecule has 1 aliphatic carbocycles. The molecule has 0 saturated carbocycles. The molecule has 1 aliphatic rings. The summed E-state index contributed by atoms with van der Waals surface area (Å²) in [5.41, 5.74) is -0.971. The summed E-state index contributed by atoms with van der Waals surface area (Å²) in [6.45, 7) is 14.0. The van der Waals surface area contributed by atoms with Gasteiger partial charge in [0.1, 0.15) is 0 Å².